The zero-order valence-corrected chi connectivity index (χ0v) is 12.7. The molecule has 1 heterocycles. The number of aromatic nitrogens is 2. The third kappa shape index (κ3) is 4.28. The van der Waals surface area contributed by atoms with E-state index in [-0.39, 0.29) is 13.1 Å². The number of imidazole rings is 1. The summed E-state index contributed by atoms with van der Waals surface area (Å²) in [6.45, 7) is 0.431. The third-order valence-electron chi connectivity index (χ3n) is 2.95. The van der Waals surface area contributed by atoms with Crippen molar-refractivity contribution in [2.75, 3.05) is 14.2 Å². The first-order chi connectivity index (χ1) is 10.0. The molecule has 2 aromatic rings. The Hall–Kier alpha value is -1.90. The van der Waals surface area contributed by atoms with Gasteiger partial charge in [0.2, 0.25) is 0 Å². The topological polar surface area (TPSA) is 87.3 Å². The molecule has 1 aromatic carbocycles. The number of rotatable bonds is 7. The van der Waals surface area contributed by atoms with Crippen molar-refractivity contribution in [3.8, 4) is 5.75 Å². The van der Waals surface area contributed by atoms with E-state index < -0.39 is 10.2 Å². The van der Waals surface area contributed by atoms with E-state index in [4.69, 9.17) is 4.74 Å². The number of hydrogen-bond donors (Lipinski definition) is 2. The molecule has 0 unspecified atom stereocenters. The highest BCUT2D eigenvalue weighted by molar-refractivity contribution is 7.87. The first kappa shape index (κ1) is 15.5. The predicted molar refractivity (Wildman–Crippen MR) is 78.8 cm³/mol. The van der Waals surface area contributed by atoms with Gasteiger partial charge in [0.05, 0.1) is 20.0 Å². The molecule has 0 aliphatic heterocycles. The molecule has 0 saturated heterocycles. The molecule has 0 aliphatic carbocycles. The van der Waals surface area contributed by atoms with Crippen LogP contribution in [0.25, 0.3) is 0 Å². The summed E-state index contributed by atoms with van der Waals surface area (Å²) in [5.74, 6) is 0.698. The highest BCUT2D eigenvalue weighted by Crippen LogP contribution is 2.14. The lowest BCUT2D eigenvalue weighted by atomic mass is 10.2. The summed E-state index contributed by atoms with van der Waals surface area (Å²) in [6.07, 6.45) is 3.08. The molecule has 0 atom stereocenters. The minimum absolute atomic E-state index is 0.171. The number of nitrogens with zero attached hydrogens (tertiary/aromatic N) is 2. The van der Waals surface area contributed by atoms with Gasteiger partial charge in [-0.25, -0.2) is 4.98 Å². The predicted octanol–water partition coefficient (Wildman–Crippen LogP) is 0.885. The smallest absolute Gasteiger partial charge is 0.279 e. The monoisotopic (exact) mass is 310 g/mol. The fourth-order valence-electron chi connectivity index (χ4n) is 1.77. The maximum absolute atomic E-state index is 12.1. The van der Waals surface area contributed by atoms with Crippen molar-refractivity contribution in [3.05, 3.63) is 48.0 Å². The van der Waals surface area contributed by atoms with Crippen LogP contribution in [0.5, 0.6) is 5.75 Å². The second-order valence-corrected chi connectivity index (χ2v) is 6.37. The second kappa shape index (κ2) is 6.70. The molecule has 1 aromatic heterocycles. The van der Waals surface area contributed by atoms with E-state index in [9.17, 15) is 8.42 Å². The fraction of sp³-hybridized carbons (Fsp3) is 0.308. The van der Waals surface area contributed by atoms with Crippen LogP contribution in [0.4, 0.5) is 0 Å². The number of methoxy groups -OCH3 is 1. The first-order valence-corrected chi connectivity index (χ1v) is 7.76. The molecule has 0 radical (unpaired) electrons. The quantitative estimate of drug-likeness (QED) is 0.795. The summed E-state index contributed by atoms with van der Waals surface area (Å²) in [6, 6.07) is 7.30. The van der Waals surface area contributed by atoms with Crippen LogP contribution in [0.15, 0.2) is 36.8 Å². The maximum atomic E-state index is 12.1. The van der Waals surface area contributed by atoms with Gasteiger partial charge in [0, 0.05) is 25.5 Å². The van der Waals surface area contributed by atoms with E-state index in [0.717, 1.165) is 5.56 Å². The average Bonchev–Trinajstić information content (AvgIpc) is 2.99. The van der Waals surface area contributed by atoms with Crippen LogP contribution < -0.4 is 9.46 Å². The number of benzene rings is 1. The Labute approximate surface area is 124 Å². The number of ether oxygens (including phenoxy) is 1. The van der Waals surface area contributed by atoms with Gasteiger partial charge < -0.3 is 9.72 Å². The van der Waals surface area contributed by atoms with Gasteiger partial charge in [-0.15, -0.1) is 0 Å². The first-order valence-electron chi connectivity index (χ1n) is 6.32. The van der Waals surface area contributed by atoms with Crippen LogP contribution in [0.1, 0.15) is 11.3 Å². The lowest BCUT2D eigenvalue weighted by molar-refractivity contribution is 0.412. The molecule has 0 saturated carbocycles. The van der Waals surface area contributed by atoms with Gasteiger partial charge in [0.25, 0.3) is 10.2 Å². The standard InChI is InChI=1S/C13H18N4O3S/c1-17(9-11-4-3-5-13(6-11)20-2)21(18,19)16-8-12-7-14-10-15-12/h3-7,10,16H,8-9H2,1-2H3,(H,14,15). The van der Waals surface area contributed by atoms with Crippen molar-refractivity contribution >= 4 is 10.2 Å². The molecular weight excluding hydrogens is 292 g/mol. The molecule has 0 bridgehead atoms. The van der Waals surface area contributed by atoms with Gasteiger partial charge >= 0.3 is 0 Å². The number of H-pyrrole nitrogens is 1. The molecule has 0 fully saturated rings. The Bertz CT molecular complexity index is 670. The molecule has 0 aliphatic rings. The minimum atomic E-state index is -3.56. The highest BCUT2D eigenvalue weighted by Gasteiger charge is 2.17. The summed E-state index contributed by atoms with van der Waals surface area (Å²) < 4.78 is 33.1. The summed E-state index contributed by atoms with van der Waals surface area (Å²) in [4.78, 5) is 6.68. The summed E-state index contributed by atoms with van der Waals surface area (Å²) >= 11 is 0. The molecule has 21 heavy (non-hydrogen) atoms. The van der Waals surface area contributed by atoms with Crippen molar-refractivity contribution in [1.82, 2.24) is 19.0 Å². The van der Waals surface area contributed by atoms with Gasteiger partial charge in [-0.3, -0.25) is 0 Å². The molecule has 7 nitrogen and oxygen atoms in total. The van der Waals surface area contributed by atoms with Gasteiger partial charge in [-0.05, 0) is 17.7 Å². The van der Waals surface area contributed by atoms with Crippen molar-refractivity contribution in [1.29, 1.82) is 0 Å². The Kier molecular flexibility index (Phi) is 4.94. The third-order valence-corrected chi connectivity index (χ3v) is 4.41. The molecule has 8 heteroatoms. The van der Waals surface area contributed by atoms with E-state index in [1.54, 1.807) is 19.4 Å². The average molecular weight is 310 g/mol. The lowest BCUT2D eigenvalue weighted by Gasteiger charge is -2.17. The zero-order valence-electron chi connectivity index (χ0n) is 11.9. The molecule has 0 amide bonds. The molecule has 0 spiro atoms. The summed E-state index contributed by atoms with van der Waals surface area (Å²) in [5.41, 5.74) is 1.55. The Morgan fingerprint density at radius 3 is 2.90 bits per heavy atom. The van der Waals surface area contributed by atoms with E-state index in [1.165, 1.54) is 17.7 Å². The number of hydrogen-bond acceptors (Lipinski definition) is 4. The molecule has 2 rings (SSSR count). The Morgan fingerprint density at radius 2 is 2.24 bits per heavy atom. The highest BCUT2D eigenvalue weighted by atomic mass is 32.2. The molecule has 2 N–H and O–H groups in total. The minimum Gasteiger partial charge on any atom is -0.497 e. The molecule has 114 valence electrons. The van der Waals surface area contributed by atoms with E-state index in [0.29, 0.717) is 11.4 Å². The lowest BCUT2D eigenvalue weighted by Crippen LogP contribution is -2.37. The maximum Gasteiger partial charge on any atom is 0.279 e. The van der Waals surface area contributed by atoms with Crippen molar-refractivity contribution in [2.45, 2.75) is 13.1 Å². The largest absolute Gasteiger partial charge is 0.497 e. The van der Waals surface area contributed by atoms with Gasteiger partial charge in [0.15, 0.2) is 0 Å². The number of nitrogens with one attached hydrogen (secondary N) is 2. The summed E-state index contributed by atoms with van der Waals surface area (Å²) in [5, 5.41) is 0. The van der Waals surface area contributed by atoms with Crippen LogP contribution in [0.2, 0.25) is 0 Å². The van der Waals surface area contributed by atoms with Crippen LogP contribution in [-0.4, -0.2) is 36.8 Å². The second-order valence-electron chi connectivity index (χ2n) is 4.51. The van der Waals surface area contributed by atoms with Crippen LogP contribution in [0.3, 0.4) is 0 Å². The van der Waals surface area contributed by atoms with Crippen LogP contribution in [-0.2, 0) is 23.3 Å². The number of aromatic amines is 1. The van der Waals surface area contributed by atoms with E-state index in [2.05, 4.69) is 14.7 Å². The van der Waals surface area contributed by atoms with Gasteiger partial charge in [-0.1, -0.05) is 12.1 Å². The van der Waals surface area contributed by atoms with E-state index >= 15 is 0 Å². The summed E-state index contributed by atoms with van der Waals surface area (Å²) in [7, 11) is -0.462. The van der Waals surface area contributed by atoms with E-state index in [1.807, 2.05) is 18.2 Å². The zero-order chi connectivity index (χ0) is 15.3. The normalized spacial score (nSPS) is 11.8. The Balaban J connectivity index is 1.98. The Morgan fingerprint density at radius 1 is 1.43 bits per heavy atom. The van der Waals surface area contributed by atoms with Gasteiger partial charge in [-0.2, -0.15) is 17.4 Å². The van der Waals surface area contributed by atoms with Gasteiger partial charge in [0.1, 0.15) is 5.75 Å². The van der Waals surface area contributed by atoms with Crippen molar-refractivity contribution < 1.29 is 13.2 Å². The van der Waals surface area contributed by atoms with Crippen LogP contribution in [0, 0.1) is 0 Å². The SMILES string of the molecule is COc1cccc(CN(C)S(=O)(=O)NCc2cnc[nH]2)c1. The van der Waals surface area contributed by atoms with Crippen molar-refractivity contribution in [3.63, 3.8) is 0 Å². The molecular formula is C13H18N4O3S. The van der Waals surface area contributed by atoms with Crippen LogP contribution >= 0.6 is 0 Å². The van der Waals surface area contributed by atoms with Crippen molar-refractivity contribution in [2.24, 2.45) is 0 Å². The fourth-order valence-corrected chi connectivity index (χ4v) is 2.65.